The van der Waals surface area contributed by atoms with Gasteiger partial charge in [0.25, 0.3) is 0 Å². The van der Waals surface area contributed by atoms with Gasteiger partial charge in [-0.1, -0.05) is 39.5 Å². The molecule has 0 amide bonds. The van der Waals surface area contributed by atoms with Gasteiger partial charge in [-0.15, -0.1) is 0 Å². The third-order valence-electron chi connectivity index (χ3n) is 4.47. The average Bonchev–Trinajstić information content (AvgIpc) is 2.35. The molecule has 1 aliphatic rings. The van der Waals surface area contributed by atoms with Crippen LogP contribution < -0.4 is 5.32 Å². The molecule has 1 saturated carbocycles. The second-order valence-corrected chi connectivity index (χ2v) is 5.40. The van der Waals surface area contributed by atoms with Crippen molar-refractivity contribution in [3.63, 3.8) is 0 Å². The lowest BCUT2D eigenvalue weighted by molar-refractivity contribution is 0.0973. The van der Waals surface area contributed by atoms with Gasteiger partial charge in [0.1, 0.15) is 0 Å². The molecule has 96 valence electrons. The van der Waals surface area contributed by atoms with Crippen LogP contribution in [-0.2, 0) is 4.74 Å². The summed E-state index contributed by atoms with van der Waals surface area (Å²) in [6, 6.07) is 0. The normalized spacial score (nSPS) is 21.9. The van der Waals surface area contributed by atoms with Crippen LogP contribution in [0.25, 0.3) is 0 Å². The molecule has 0 aliphatic heterocycles. The van der Waals surface area contributed by atoms with Crippen LogP contribution in [0.3, 0.4) is 0 Å². The Morgan fingerprint density at radius 3 is 2.50 bits per heavy atom. The van der Waals surface area contributed by atoms with E-state index in [9.17, 15) is 0 Å². The maximum Gasteiger partial charge on any atom is 0.0587 e. The second kappa shape index (κ2) is 7.29. The number of nitrogens with one attached hydrogen (secondary N) is 1. The Balaban J connectivity index is 2.43. The van der Waals surface area contributed by atoms with E-state index in [0.717, 1.165) is 19.1 Å². The Labute approximate surface area is 101 Å². The van der Waals surface area contributed by atoms with Crippen molar-refractivity contribution in [1.82, 2.24) is 5.32 Å². The van der Waals surface area contributed by atoms with Gasteiger partial charge in [-0.2, -0.15) is 0 Å². The molecule has 1 aliphatic carbocycles. The zero-order valence-electron chi connectivity index (χ0n) is 11.3. The summed E-state index contributed by atoms with van der Waals surface area (Å²) < 4.78 is 5.09. The summed E-state index contributed by atoms with van der Waals surface area (Å²) in [5, 5.41) is 3.59. The molecule has 0 aromatic carbocycles. The molecule has 2 nitrogen and oxygen atoms in total. The predicted molar refractivity (Wildman–Crippen MR) is 69.7 cm³/mol. The van der Waals surface area contributed by atoms with E-state index >= 15 is 0 Å². The van der Waals surface area contributed by atoms with E-state index in [-0.39, 0.29) is 0 Å². The molecule has 2 heteroatoms. The lowest BCUT2D eigenvalue weighted by Gasteiger charge is -2.42. The molecule has 0 spiro atoms. The first kappa shape index (κ1) is 14.0. The summed E-state index contributed by atoms with van der Waals surface area (Å²) in [4.78, 5) is 0. The highest BCUT2D eigenvalue weighted by atomic mass is 16.5. The Hall–Kier alpha value is -0.0800. The zero-order chi connectivity index (χ0) is 11.9. The summed E-state index contributed by atoms with van der Waals surface area (Å²) in [5.41, 5.74) is 0.570. The molecule has 0 saturated heterocycles. The number of methoxy groups -OCH3 is 1. The van der Waals surface area contributed by atoms with Gasteiger partial charge in [0.05, 0.1) is 6.61 Å². The fourth-order valence-corrected chi connectivity index (χ4v) is 3.04. The van der Waals surface area contributed by atoms with Crippen molar-refractivity contribution >= 4 is 0 Å². The van der Waals surface area contributed by atoms with Crippen LogP contribution in [0.5, 0.6) is 0 Å². The predicted octanol–water partition coefficient (Wildman–Crippen LogP) is 3.22. The molecule has 1 rings (SSSR count). The van der Waals surface area contributed by atoms with Crippen LogP contribution in [-0.4, -0.2) is 26.8 Å². The molecule has 0 aromatic heterocycles. The minimum Gasteiger partial charge on any atom is -0.383 e. The van der Waals surface area contributed by atoms with Crippen LogP contribution in [0.2, 0.25) is 0 Å². The number of ether oxygens (including phenoxy) is 1. The standard InChI is InChI=1S/C14H29NO/c1-4-13(2)14(8-6-5-7-9-14)12-15-10-11-16-3/h13,15H,4-12H2,1-3H3. The molecular formula is C14H29NO. The number of rotatable bonds is 7. The molecule has 1 unspecified atom stereocenters. The molecule has 16 heavy (non-hydrogen) atoms. The third kappa shape index (κ3) is 3.74. The van der Waals surface area contributed by atoms with Gasteiger partial charge in [-0.05, 0) is 24.2 Å². The van der Waals surface area contributed by atoms with Gasteiger partial charge in [0, 0.05) is 20.2 Å². The highest BCUT2D eigenvalue weighted by molar-refractivity contribution is 4.88. The van der Waals surface area contributed by atoms with Crippen molar-refractivity contribution in [3.05, 3.63) is 0 Å². The highest BCUT2D eigenvalue weighted by Crippen LogP contribution is 2.43. The molecular weight excluding hydrogens is 198 g/mol. The van der Waals surface area contributed by atoms with Gasteiger partial charge in [-0.25, -0.2) is 0 Å². The van der Waals surface area contributed by atoms with Crippen molar-refractivity contribution in [1.29, 1.82) is 0 Å². The van der Waals surface area contributed by atoms with Gasteiger partial charge in [0.2, 0.25) is 0 Å². The largest absolute Gasteiger partial charge is 0.383 e. The van der Waals surface area contributed by atoms with Crippen LogP contribution in [0.1, 0.15) is 52.4 Å². The lowest BCUT2D eigenvalue weighted by Crippen LogP contribution is -2.41. The first-order valence-corrected chi connectivity index (χ1v) is 6.95. The topological polar surface area (TPSA) is 21.3 Å². The van der Waals surface area contributed by atoms with Crippen molar-refractivity contribution in [2.24, 2.45) is 11.3 Å². The molecule has 0 radical (unpaired) electrons. The van der Waals surface area contributed by atoms with Crippen molar-refractivity contribution in [3.8, 4) is 0 Å². The van der Waals surface area contributed by atoms with Crippen LogP contribution in [0, 0.1) is 11.3 Å². The molecule has 1 fully saturated rings. The SMILES string of the molecule is CCC(C)C1(CNCCOC)CCCCC1. The summed E-state index contributed by atoms with van der Waals surface area (Å²) in [5.74, 6) is 0.850. The van der Waals surface area contributed by atoms with E-state index in [1.807, 2.05) is 0 Å². The summed E-state index contributed by atoms with van der Waals surface area (Å²) in [7, 11) is 1.77. The minimum absolute atomic E-state index is 0.570. The van der Waals surface area contributed by atoms with Gasteiger partial charge in [0.15, 0.2) is 0 Å². The van der Waals surface area contributed by atoms with E-state index in [2.05, 4.69) is 19.2 Å². The average molecular weight is 227 g/mol. The van der Waals surface area contributed by atoms with Crippen LogP contribution in [0.4, 0.5) is 0 Å². The third-order valence-corrected chi connectivity index (χ3v) is 4.47. The quantitative estimate of drug-likeness (QED) is 0.674. The monoisotopic (exact) mass is 227 g/mol. The second-order valence-electron chi connectivity index (χ2n) is 5.40. The fraction of sp³-hybridized carbons (Fsp3) is 1.00. The first-order valence-electron chi connectivity index (χ1n) is 6.95. The Morgan fingerprint density at radius 1 is 1.25 bits per heavy atom. The Bertz CT molecular complexity index is 176. The van der Waals surface area contributed by atoms with E-state index in [0.29, 0.717) is 5.41 Å². The van der Waals surface area contributed by atoms with E-state index in [1.165, 1.54) is 45.1 Å². The first-order chi connectivity index (χ1) is 7.75. The van der Waals surface area contributed by atoms with Crippen molar-refractivity contribution < 1.29 is 4.74 Å². The summed E-state index contributed by atoms with van der Waals surface area (Å²) in [6.45, 7) is 7.77. The van der Waals surface area contributed by atoms with Crippen LogP contribution in [0.15, 0.2) is 0 Å². The molecule has 1 N–H and O–H groups in total. The maximum absolute atomic E-state index is 5.09. The minimum atomic E-state index is 0.570. The van der Waals surface area contributed by atoms with Gasteiger partial charge < -0.3 is 10.1 Å². The van der Waals surface area contributed by atoms with Gasteiger partial charge in [-0.3, -0.25) is 0 Å². The van der Waals surface area contributed by atoms with E-state index in [4.69, 9.17) is 4.74 Å². The zero-order valence-corrected chi connectivity index (χ0v) is 11.3. The molecule has 1 atom stereocenters. The number of hydrogen-bond donors (Lipinski definition) is 1. The smallest absolute Gasteiger partial charge is 0.0587 e. The van der Waals surface area contributed by atoms with E-state index < -0.39 is 0 Å². The lowest BCUT2D eigenvalue weighted by atomic mass is 9.65. The summed E-state index contributed by atoms with van der Waals surface area (Å²) >= 11 is 0. The fourth-order valence-electron chi connectivity index (χ4n) is 3.04. The number of hydrogen-bond acceptors (Lipinski definition) is 2. The maximum atomic E-state index is 5.09. The van der Waals surface area contributed by atoms with E-state index in [1.54, 1.807) is 7.11 Å². The molecule has 0 aromatic rings. The van der Waals surface area contributed by atoms with Crippen LogP contribution >= 0.6 is 0 Å². The van der Waals surface area contributed by atoms with Crippen molar-refractivity contribution in [2.45, 2.75) is 52.4 Å². The molecule has 0 heterocycles. The Kier molecular flexibility index (Phi) is 6.37. The Morgan fingerprint density at radius 2 is 1.94 bits per heavy atom. The highest BCUT2D eigenvalue weighted by Gasteiger charge is 2.35. The summed E-state index contributed by atoms with van der Waals surface area (Å²) in [6.07, 6.45) is 8.44. The van der Waals surface area contributed by atoms with Gasteiger partial charge >= 0.3 is 0 Å². The molecule has 0 bridgehead atoms. The van der Waals surface area contributed by atoms with Crippen molar-refractivity contribution in [2.75, 3.05) is 26.8 Å².